The van der Waals surface area contributed by atoms with Gasteiger partial charge in [0.1, 0.15) is 0 Å². The van der Waals surface area contributed by atoms with Crippen LogP contribution in [0.25, 0.3) is 0 Å². The van der Waals surface area contributed by atoms with Gasteiger partial charge in [-0.25, -0.2) is 4.68 Å². The molecule has 0 aliphatic rings. The Morgan fingerprint density at radius 2 is 2.14 bits per heavy atom. The smallest absolute Gasteiger partial charge is 0.209 e. The highest BCUT2D eigenvalue weighted by Crippen LogP contribution is 2.36. The highest BCUT2D eigenvalue weighted by Gasteiger charge is 2.10. The zero-order valence-electron chi connectivity index (χ0n) is 12.7. The van der Waals surface area contributed by atoms with Crippen molar-refractivity contribution in [3.05, 3.63) is 22.2 Å². The molecule has 22 heavy (non-hydrogen) atoms. The fourth-order valence-electron chi connectivity index (χ4n) is 1.86. The number of nitrogens with one attached hydrogen (secondary N) is 1. The molecule has 0 saturated carbocycles. The summed E-state index contributed by atoms with van der Waals surface area (Å²) in [4.78, 5) is 0. The largest absolute Gasteiger partial charge is 0.493 e. The maximum atomic E-state index is 5.34. The summed E-state index contributed by atoms with van der Waals surface area (Å²) < 4.78 is 13.2. The second kappa shape index (κ2) is 8.35. The SMILES string of the molecule is COc1cc(CNCCSc2nnnn2C)cc(Br)c1OC. The molecular formula is C13H18BrN5O2S. The van der Waals surface area contributed by atoms with Crippen LogP contribution in [-0.2, 0) is 13.6 Å². The number of methoxy groups -OCH3 is 2. The number of aryl methyl sites for hydroxylation is 1. The molecule has 1 aromatic carbocycles. The first-order chi connectivity index (χ1) is 10.7. The van der Waals surface area contributed by atoms with E-state index >= 15 is 0 Å². The van der Waals surface area contributed by atoms with Crippen LogP contribution in [-0.4, -0.2) is 46.7 Å². The zero-order valence-corrected chi connectivity index (χ0v) is 15.1. The number of aromatic nitrogens is 4. The predicted octanol–water partition coefficient (Wildman–Crippen LogP) is 1.87. The molecule has 120 valence electrons. The van der Waals surface area contributed by atoms with Crippen molar-refractivity contribution in [1.29, 1.82) is 0 Å². The Labute approximate surface area is 141 Å². The lowest BCUT2D eigenvalue weighted by Crippen LogP contribution is -2.17. The molecular weight excluding hydrogens is 370 g/mol. The molecule has 9 heteroatoms. The quantitative estimate of drug-likeness (QED) is 0.547. The molecule has 0 fully saturated rings. The molecule has 2 rings (SSSR count). The third-order valence-electron chi connectivity index (χ3n) is 2.91. The van der Waals surface area contributed by atoms with E-state index in [2.05, 4.69) is 36.8 Å². The van der Waals surface area contributed by atoms with Crippen molar-refractivity contribution >= 4 is 27.7 Å². The van der Waals surface area contributed by atoms with Gasteiger partial charge in [-0.1, -0.05) is 11.8 Å². The van der Waals surface area contributed by atoms with E-state index in [1.54, 1.807) is 30.7 Å². The molecule has 0 spiro atoms. The van der Waals surface area contributed by atoms with E-state index in [1.165, 1.54) is 0 Å². The van der Waals surface area contributed by atoms with Gasteiger partial charge in [-0.05, 0) is 44.1 Å². The van der Waals surface area contributed by atoms with Crippen LogP contribution < -0.4 is 14.8 Å². The summed E-state index contributed by atoms with van der Waals surface area (Å²) in [5.74, 6) is 2.31. The number of benzene rings is 1. The van der Waals surface area contributed by atoms with Gasteiger partial charge in [0.05, 0.1) is 18.7 Å². The van der Waals surface area contributed by atoms with E-state index in [1.807, 2.05) is 19.2 Å². The molecule has 0 aliphatic carbocycles. The Bertz CT molecular complexity index is 622. The van der Waals surface area contributed by atoms with Gasteiger partial charge in [0.15, 0.2) is 11.5 Å². The molecule has 1 N–H and O–H groups in total. The van der Waals surface area contributed by atoms with Crippen LogP contribution in [0.15, 0.2) is 21.8 Å². The minimum atomic E-state index is 0.705. The molecule has 1 heterocycles. The molecule has 0 bridgehead atoms. The summed E-state index contributed by atoms with van der Waals surface area (Å²) >= 11 is 5.11. The summed E-state index contributed by atoms with van der Waals surface area (Å²) in [6.45, 7) is 1.60. The zero-order chi connectivity index (χ0) is 15.9. The molecule has 2 aromatic rings. The van der Waals surface area contributed by atoms with E-state index in [4.69, 9.17) is 9.47 Å². The van der Waals surface area contributed by atoms with Crippen LogP contribution in [0.5, 0.6) is 11.5 Å². The standard InChI is InChI=1S/C13H18BrN5O2S/c1-19-13(16-17-18-19)22-5-4-15-8-9-6-10(14)12(21-3)11(7-9)20-2/h6-7,15H,4-5,8H2,1-3H3. The Kier molecular flexibility index (Phi) is 6.47. The molecule has 1 aromatic heterocycles. The van der Waals surface area contributed by atoms with Crippen LogP contribution in [0.2, 0.25) is 0 Å². The summed E-state index contributed by atoms with van der Waals surface area (Å²) in [6.07, 6.45) is 0. The van der Waals surface area contributed by atoms with E-state index in [0.29, 0.717) is 11.5 Å². The molecule has 0 saturated heterocycles. The summed E-state index contributed by atoms with van der Waals surface area (Å²) in [7, 11) is 5.09. The molecule has 7 nitrogen and oxygen atoms in total. The van der Waals surface area contributed by atoms with Gasteiger partial charge in [-0.2, -0.15) is 0 Å². The van der Waals surface area contributed by atoms with Gasteiger partial charge in [0.25, 0.3) is 0 Å². The van der Waals surface area contributed by atoms with Crippen molar-refractivity contribution < 1.29 is 9.47 Å². The average Bonchev–Trinajstić information content (AvgIpc) is 2.91. The summed E-state index contributed by atoms with van der Waals surface area (Å²) in [5.41, 5.74) is 1.12. The number of rotatable bonds is 8. The van der Waals surface area contributed by atoms with Crippen molar-refractivity contribution in [2.75, 3.05) is 26.5 Å². The van der Waals surface area contributed by atoms with Gasteiger partial charge >= 0.3 is 0 Å². The van der Waals surface area contributed by atoms with Crippen molar-refractivity contribution in [3.63, 3.8) is 0 Å². The Morgan fingerprint density at radius 1 is 1.32 bits per heavy atom. The van der Waals surface area contributed by atoms with Gasteiger partial charge in [0, 0.05) is 25.9 Å². The Hall–Kier alpha value is -1.32. The average molecular weight is 388 g/mol. The highest BCUT2D eigenvalue weighted by molar-refractivity contribution is 9.10. The maximum absolute atomic E-state index is 5.34. The number of nitrogens with zero attached hydrogens (tertiary/aromatic N) is 4. The van der Waals surface area contributed by atoms with Crippen molar-refractivity contribution in [2.45, 2.75) is 11.7 Å². The van der Waals surface area contributed by atoms with Gasteiger partial charge < -0.3 is 14.8 Å². The first-order valence-electron chi connectivity index (χ1n) is 6.62. The Morgan fingerprint density at radius 3 is 2.77 bits per heavy atom. The van der Waals surface area contributed by atoms with Crippen LogP contribution in [0.4, 0.5) is 0 Å². The van der Waals surface area contributed by atoms with E-state index in [0.717, 1.165) is 34.0 Å². The molecule has 0 radical (unpaired) electrons. The fraction of sp³-hybridized carbons (Fsp3) is 0.462. The third-order valence-corrected chi connectivity index (χ3v) is 4.52. The second-order valence-corrected chi connectivity index (χ2v) is 6.34. The highest BCUT2D eigenvalue weighted by atomic mass is 79.9. The van der Waals surface area contributed by atoms with E-state index in [-0.39, 0.29) is 0 Å². The van der Waals surface area contributed by atoms with Gasteiger partial charge in [0.2, 0.25) is 5.16 Å². The third kappa shape index (κ3) is 4.34. The van der Waals surface area contributed by atoms with Crippen molar-refractivity contribution in [3.8, 4) is 11.5 Å². The minimum Gasteiger partial charge on any atom is -0.493 e. The van der Waals surface area contributed by atoms with Crippen molar-refractivity contribution in [1.82, 2.24) is 25.5 Å². The van der Waals surface area contributed by atoms with Gasteiger partial charge in [-0.3, -0.25) is 0 Å². The minimum absolute atomic E-state index is 0.705. The Balaban J connectivity index is 1.82. The lowest BCUT2D eigenvalue weighted by molar-refractivity contribution is 0.352. The predicted molar refractivity (Wildman–Crippen MR) is 88.5 cm³/mol. The number of hydrogen-bond donors (Lipinski definition) is 1. The number of thioether (sulfide) groups is 1. The first kappa shape index (κ1) is 17.0. The topological polar surface area (TPSA) is 74.1 Å². The van der Waals surface area contributed by atoms with Crippen LogP contribution in [0.3, 0.4) is 0 Å². The molecule has 0 unspecified atom stereocenters. The summed E-state index contributed by atoms with van der Waals surface area (Å²) in [6, 6.07) is 3.99. The van der Waals surface area contributed by atoms with Gasteiger partial charge in [-0.15, -0.1) is 5.10 Å². The number of tetrazole rings is 1. The number of ether oxygens (including phenoxy) is 2. The normalized spacial score (nSPS) is 10.7. The molecule has 0 aliphatic heterocycles. The fourth-order valence-corrected chi connectivity index (χ4v) is 3.26. The monoisotopic (exact) mass is 387 g/mol. The maximum Gasteiger partial charge on any atom is 0.209 e. The van der Waals surface area contributed by atoms with Crippen molar-refractivity contribution in [2.24, 2.45) is 7.05 Å². The van der Waals surface area contributed by atoms with E-state index in [9.17, 15) is 0 Å². The molecule has 0 amide bonds. The molecule has 0 atom stereocenters. The number of halogens is 1. The second-order valence-electron chi connectivity index (χ2n) is 4.42. The lowest BCUT2D eigenvalue weighted by atomic mass is 10.2. The lowest BCUT2D eigenvalue weighted by Gasteiger charge is -2.12. The van der Waals surface area contributed by atoms with Crippen LogP contribution in [0.1, 0.15) is 5.56 Å². The first-order valence-corrected chi connectivity index (χ1v) is 8.39. The van der Waals surface area contributed by atoms with Crippen LogP contribution >= 0.6 is 27.7 Å². The van der Waals surface area contributed by atoms with Crippen LogP contribution in [0, 0.1) is 0 Å². The summed E-state index contributed by atoms with van der Waals surface area (Å²) in [5, 5.41) is 15.5. The van der Waals surface area contributed by atoms with E-state index < -0.39 is 0 Å². The number of hydrogen-bond acceptors (Lipinski definition) is 7.